The van der Waals surface area contributed by atoms with Gasteiger partial charge in [0.15, 0.2) is 0 Å². The predicted octanol–water partition coefficient (Wildman–Crippen LogP) is 3.55. The molecule has 2 atom stereocenters. The monoisotopic (exact) mass is 257 g/mol. The first kappa shape index (κ1) is 12.7. The number of rotatable bonds is 1. The molecule has 1 spiro atoms. The highest BCUT2D eigenvalue weighted by Crippen LogP contribution is 2.48. The summed E-state index contributed by atoms with van der Waals surface area (Å²) in [5.74, 6) is 0.689. The van der Waals surface area contributed by atoms with Crippen LogP contribution in [0, 0.1) is 12.8 Å². The van der Waals surface area contributed by atoms with Crippen LogP contribution in [-0.4, -0.2) is 11.4 Å². The summed E-state index contributed by atoms with van der Waals surface area (Å²) in [5.41, 5.74) is 2.65. The molecular formula is C17H23NO. The first-order valence-electron chi connectivity index (χ1n) is 7.51. The Morgan fingerprint density at radius 1 is 1.11 bits per heavy atom. The van der Waals surface area contributed by atoms with E-state index < -0.39 is 0 Å². The van der Waals surface area contributed by atoms with Crippen molar-refractivity contribution in [2.45, 2.75) is 57.4 Å². The fourth-order valence-electron chi connectivity index (χ4n) is 4.07. The quantitative estimate of drug-likeness (QED) is 0.819. The second-order valence-corrected chi connectivity index (χ2v) is 6.38. The zero-order chi connectivity index (χ0) is 13.5. The van der Waals surface area contributed by atoms with Crippen molar-refractivity contribution in [2.75, 3.05) is 0 Å². The van der Waals surface area contributed by atoms with E-state index in [-0.39, 0.29) is 17.4 Å². The molecule has 1 heterocycles. The minimum absolute atomic E-state index is 0.0318. The van der Waals surface area contributed by atoms with Crippen LogP contribution in [0.5, 0.6) is 0 Å². The van der Waals surface area contributed by atoms with Gasteiger partial charge in [0.1, 0.15) is 0 Å². The molecule has 1 aliphatic heterocycles. The average Bonchev–Trinajstić information content (AvgIpc) is 2.64. The molecule has 1 saturated heterocycles. The molecule has 1 aromatic carbocycles. The topological polar surface area (TPSA) is 29.1 Å². The lowest BCUT2D eigenvalue weighted by atomic mass is 9.69. The molecule has 1 N–H and O–H groups in total. The fraction of sp³-hybridized carbons (Fsp3) is 0.588. The van der Waals surface area contributed by atoms with Crippen molar-refractivity contribution in [3.8, 4) is 0 Å². The van der Waals surface area contributed by atoms with Crippen molar-refractivity contribution in [1.29, 1.82) is 0 Å². The normalized spacial score (nSPS) is 29.5. The summed E-state index contributed by atoms with van der Waals surface area (Å²) >= 11 is 0. The van der Waals surface area contributed by atoms with Gasteiger partial charge in [-0.05, 0) is 25.3 Å². The SMILES string of the molecule is Cc1ccc(C2[C@H](C)C(=O)NC23CCCCC3)cc1. The van der Waals surface area contributed by atoms with E-state index in [1.807, 2.05) is 0 Å². The van der Waals surface area contributed by atoms with Gasteiger partial charge >= 0.3 is 0 Å². The van der Waals surface area contributed by atoms with E-state index in [0.717, 1.165) is 12.8 Å². The largest absolute Gasteiger partial charge is 0.350 e. The fourth-order valence-corrected chi connectivity index (χ4v) is 4.07. The van der Waals surface area contributed by atoms with Crippen LogP contribution < -0.4 is 5.32 Å². The van der Waals surface area contributed by atoms with Gasteiger partial charge in [0, 0.05) is 17.4 Å². The summed E-state index contributed by atoms with van der Waals surface area (Å²) in [6.07, 6.45) is 6.08. The summed E-state index contributed by atoms with van der Waals surface area (Å²) in [5, 5.41) is 3.34. The number of carbonyl (C=O) groups excluding carboxylic acids is 1. The van der Waals surface area contributed by atoms with Crippen LogP contribution >= 0.6 is 0 Å². The van der Waals surface area contributed by atoms with Gasteiger partial charge in [0.25, 0.3) is 0 Å². The summed E-state index contributed by atoms with van der Waals surface area (Å²) in [6.45, 7) is 4.20. The van der Waals surface area contributed by atoms with Crippen molar-refractivity contribution >= 4 is 5.91 Å². The molecule has 0 aromatic heterocycles. The molecule has 2 heteroatoms. The zero-order valence-electron chi connectivity index (χ0n) is 11.9. The van der Waals surface area contributed by atoms with E-state index >= 15 is 0 Å². The molecular weight excluding hydrogens is 234 g/mol. The second-order valence-electron chi connectivity index (χ2n) is 6.38. The van der Waals surface area contributed by atoms with Crippen LogP contribution in [0.3, 0.4) is 0 Å². The van der Waals surface area contributed by atoms with Crippen LogP contribution in [-0.2, 0) is 4.79 Å². The van der Waals surface area contributed by atoms with E-state index in [4.69, 9.17) is 0 Å². The molecule has 2 nitrogen and oxygen atoms in total. The number of aryl methyl sites for hydroxylation is 1. The van der Waals surface area contributed by atoms with Crippen molar-refractivity contribution in [3.63, 3.8) is 0 Å². The minimum atomic E-state index is 0.0318. The molecule has 3 rings (SSSR count). The summed E-state index contributed by atoms with van der Waals surface area (Å²) < 4.78 is 0. The highest BCUT2D eigenvalue weighted by atomic mass is 16.2. The molecule has 102 valence electrons. The maximum absolute atomic E-state index is 12.2. The lowest BCUT2D eigenvalue weighted by Gasteiger charge is -2.39. The number of hydrogen-bond donors (Lipinski definition) is 1. The molecule has 1 unspecified atom stereocenters. The summed E-state index contributed by atoms with van der Waals surface area (Å²) in [6, 6.07) is 8.77. The van der Waals surface area contributed by atoms with Crippen molar-refractivity contribution < 1.29 is 4.79 Å². The van der Waals surface area contributed by atoms with Gasteiger partial charge in [-0.3, -0.25) is 4.79 Å². The van der Waals surface area contributed by atoms with Gasteiger partial charge in [-0.1, -0.05) is 56.0 Å². The van der Waals surface area contributed by atoms with Crippen LogP contribution in [0.2, 0.25) is 0 Å². The van der Waals surface area contributed by atoms with Gasteiger partial charge in [-0.15, -0.1) is 0 Å². The molecule has 2 aliphatic rings. The van der Waals surface area contributed by atoms with Gasteiger partial charge < -0.3 is 5.32 Å². The number of benzene rings is 1. The Hall–Kier alpha value is -1.31. The number of nitrogens with one attached hydrogen (secondary N) is 1. The first-order valence-corrected chi connectivity index (χ1v) is 7.51. The van der Waals surface area contributed by atoms with E-state index in [9.17, 15) is 4.79 Å². The molecule has 1 aromatic rings. The van der Waals surface area contributed by atoms with E-state index in [0.29, 0.717) is 5.92 Å². The highest BCUT2D eigenvalue weighted by molar-refractivity contribution is 5.84. The Morgan fingerprint density at radius 2 is 1.74 bits per heavy atom. The van der Waals surface area contributed by atoms with Crippen molar-refractivity contribution in [1.82, 2.24) is 5.32 Å². The van der Waals surface area contributed by atoms with Crippen LogP contribution in [0.4, 0.5) is 0 Å². The average molecular weight is 257 g/mol. The number of carbonyl (C=O) groups is 1. The van der Waals surface area contributed by atoms with Gasteiger partial charge in [0.2, 0.25) is 5.91 Å². The third-order valence-corrected chi connectivity index (χ3v) is 5.06. The molecule has 0 bridgehead atoms. The third-order valence-electron chi connectivity index (χ3n) is 5.06. The molecule has 1 aliphatic carbocycles. The molecule has 19 heavy (non-hydrogen) atoms. The van der Waals surface area contributed by atoms with Crippen LogP contribution in [0.1, 0.15) is 56.1 Å². The smallest absolute Gasteiger partial charge is 0.223 e. The minimum Gasteiger partial charge on any atom is -0.350 e. The third kappa shape index (κ3) is 2.07. The Balaban J connectivity index is 1.99. The van der Waals surface area contributed by atoms with Gasteiger partial charge in [-0.2, -0.15) is 0 Å². The molecule has 1 amide bonds. The maximum atomic E-state index is 12.2. The van der Waals surface area contributed by atoms with E-state index in [1.165, 1.54) is 30.4 Å². The maximum Gasteiger partial charge on any atom is 0.223 e. The number of amides is 1. The van der Waals surface area contributed by atoms with Crippen LogP contribution in [0.15, 0.2) is 24.3 Å². The van der Waals surface area contributed by atoms with Crippen molar-refractivity contribution in [2.24, 2.45) is 5.92 Å². The Kier molecular flexibility index (Phi) is 3.12. The lowest BCUT2D eigenvalue weighted by molar-refractivity contribution is -0.122. The molecule has 0 radical (unpaired) electrons. The Bertz CT molecular complexity index is 471. The summed E-state index contributed by atoms with van der Waals surface area (Å²) in [7, 11) is 0. The van der Waals surface area contributed by atoms with E-state index in [2.05, 4.69) is 43.4 Å². The molecule has 1 saturated carbocycles. The Morgan fingerprint density at radius 3 is 2.37 bits per heavy atom. The lowest BCUT2D eigenvalue weighted by Crippen LogP contribution is -2.46. The molecule has 2 fully saturated rings. The van der Waals surface area contributed by atoms with E-state index in [1.54, 1.807) is 0 Å². The second kappa shape index (κ2) is 4.66. The predicted molar refractivity (Wildman–Crippen MR) is 77.0 cm³/mol. The number of hydrogen-bond acceptors (Lipinski definition) is 1. The zero-order valence-corrected chi connectivity index (χ0v) is 11.9. The van der Waals surface area contributed by atoms with Crippen molar-refractivity contribution in [3.05, 3.63) is 35.4 Å². The van der Waals surface area contributed by atoms with Crippen LogP contribution in [0.25, 0.3) is 0 Å². The van der Waals surface area contributed by atoms with Gasteiger partial charge in [-0.25, -0.2) is 0 Å². The first-order chi connectivity index (χ1) is 9.12. The summed E-state index contributed by atoms with van der Waals surface area (Å²) in [4.78, 5) is 12.2. The van der Waals surface area contributed by atoms with Gasteiger partial charge in [0.05, 0.1) is 0 Å². The Labute approximate surface area is 115 Å². The standard InChI is InChI=1S/C17H23NO/c1-12-6-8-14(9-7-12)15-13(2)16(19)18-17(15)10-4-3-5-11-17/h6-9,13,15H,3-5,10-11H2,1-2H3,(H,18,19)/t13-,15?/m0/s1. The highest BCUT2D eigenvalue weighted by Gasteiger charge is 2.51.